The molecule has 0 aromatic carbocycles. The summed E-state index contributed by atoms with van der Waals surface area (Å²) in [5, 5.41) is 36.2. The highest BCUT2D eigenvalue weighted by molar-refractivity contribution is 5.77. The zero-order valence-corrected chi connectivity index (χ0v) is 6.38. The lowest BCUT2D eigenvalue weighted by Gasteiger charge is -1.75. The molecule has 1 aliphatic heterocycles. The van der Waals surface area contributed by atoms with Gasteiger partial charge in [-0.3, -0.25) is 0 Å². The molecule has 0 saturated heterocycles. The van der Waals surface area contributed by atoms with Crippen LogP contribution in [0.3, 0.4) is 0 Å². The molecule has 1 aliphatic rings. The molecule has 14 heavy (non-hydrogen) atoms. The van der Waals surface area contributed by atoms with Crippen LogP contribution in [-0.4, -0.2) is 33.1 Å². The lowest BCUT2D eigenvalue weighted by molar-refractivity contribution is -0.742. The van der Waals surface area contributed by atoms with Crippen LogP contribution in [0.5, 0.6) is 0 Å². The molecule has 0 bridgehead atoms. The Morgan fingerprint density at radius 2 is 1.79 bits per heavy atom. The first-order valence-electron chi connectivity index (χ1n) is 2.53. The quantitative estimate of drug-likeness (QED) is 0.207. The van der Waals surface area contributed by atoms with Crippen LogP contribution in [0.1, 0.15) is 0 Å². The van der Waals surface area contributed by atoms with E-state index < -0.39 is 10.2 Å². The smallest absolute Gasteiger partial charge is 0.356 e. The van der Waals surface area contributed by atoms with Crippen LogP contribution in [0.4, 0.5) is 0 Å². The molecule has 0 aromatic rings. The molecule has 3 N–H and O–H groups in total. The normalized spacial score (nSPS) is 10.2. The fraction of sp³-hybridized carbons (Fsp3) is 0. The second-order valence-corrected chi connectivity index (χ2v) is 1.30. The summed E-state index contributed by atoms with van der Waals surface area (Å²) in [4.78, 5) is 16.6. The SMILES string of the molecule is NN1[C+]=NN=C1.O=[N+]([O-])O.O=[N+]([O-])[O-]. The van der Waals surface area contributed by atoms with Gasteiger partial charge in [0.15, 0.2) is 0 Å². The van der Waals surface area contributed by atoms with Gasteiger partial charge < -0.3 is 20.5 Å². The van der Waals surface area contributed by atoms with Crippen LogP contribution in [0.25, 0.3) is 0 Å². The van der Waals surface area contributed by atoms with Gasteiger partial charge in [-0.25, -0.2) is 0 Å². The summed E-state index contributed by atoms with van der Waals surface area (Å²) in [6.07, 6.45) is 3.69. The van der Waals surface area contributed by atoms with Crippen molar-refractivity contribution in [2.75, 3.05) is 0 Å². The maximum atomic E-state index is 8.36. The average Bonchev–Trinajstić information content (AvgIpc) is 2.36. The van der Waals surface area contributed by atoms with Crippen molar-refractivity contribution in [1.29, 1.82) is 0 Å². The van der Waals surface area contributed by atoms with Crippen molar-refractivity contribution in [2.45, 2.75) is 0 Å². The first kappa shape index (κ1) is 14.0. The monoisotopic (exact) mass is 208 g/mol. The van der Waals surface area contributed by atoms with Crippen molar-refractivity contribution in [3.63, 3.8) is 0 Å². The number of nitrogens with zero attached hydrogens (tertiary/aromatic N) is 5. The van der Waals surface area contributed by atoms with E-state index in [1.807, 2.05) is 0 Å². The summed E-state index contributed by atoms with van der Waals surface area (Å²) in [5.41, 5.74) is 0. The first-order valence-corrected chi connectivity index (χ1v) is 2.53. The minimum atomic E-state index is -1.75. The van der Waals surface area contributed by atoms with Gasteiger partial charge in [-0.1, -0.05) is 0 Å². The van der Waals surface area contributed by atoms with Gasteiger partial charge in [-0.15, -0.1) is 10.1 Å². The van der Waals surface area contributed by atoms with Gasteiger partial charge in [0, 0.05) is 0 Å². The van der Waals surface area contributed by atoms with Crippen LogP contribution in [0, 0.1) is 25.4 Å². The van der Waals surface area contributed by atoms with Crippen LogP contribution in [0.15, 0.2) is 10.2 Å². The molecule has 78 valence electrons. The van der Waals surface area contributed by atoms with Crippen molar-refractivity contribution < 1.29 is 15.4 Å². The Morgan fingerprint density at radius 1 is 1.43 bits per heavy atom. The summed E-state index contributed by atoms with van der Waals surface area (Å²) >= 11 is 0. The number of rotatable bonds is 0. The third kappa shape index (κ3) is 34.2. The Bertz CT molecular complexity index is 204. The molecule has 12 heteroatoms. The molecule has 0 aliphatic carbocycles. The lowest BCUT2D eigenvalue weighted by Crippen LogP contribution is -2.24. The highest BCUT2D eigenvalue weighted by Gasteiger charge is 2.04. The molecule has 0 atom stereocenters. The molecule has 0 aromatic heterocycles. The Labute approximate surface area is 75.7 Å². The second-order valence-electron chi connectivity index (χ2n) is 1.30. The maximum Gasteiger partial charge on any atom is 0.363 e. The average molecular weight is 208 g/mol. The maximum absolute atomic E-state index is 8.36. The van der Waals surface area contributed by atoms with E-state index >= 15 is 0 Å². The van der Waals surface area contributed by atoms with Gasteiger partial charge in [0.1, 0.15) is 0 Å². The van der Waals surface area contributed by atoms with E-state index in [9.17, 15) is 0 Å². The van der Waals surface area contributed by atoms with E-state index in [2.05, 4.69) is 16.5 Å². The van der Waals surface area contributed by atoms with Gasteiger partial charge in [0.25, 0.3) is 11.4 Å². The van der Waals surface area contributed by atoms with Crippen molar-refractivity contribution in [3.05, 3.63) is 25.4 Å². The molecule has 0 spiro atoms. The summed E-state index contributed by atoms with van der Waals surface area (Å²) in [7, 11) is 0. The number of hydrogen-bond donors (Lipinski definition) is 2. The van der Waals surface area contributed by atoms with Gasteiger partial charge >= 0.3 is 6.34 Å². The molecule has 0 radical (unpaired) electrons. The third-order valence-corrected chi connectivity index (χ3v) is 0.394. The lowest BCUT2D eigenvalue weighted by atomic mass is 11.1. The summed E-state index contributed by atoms with van der Waals surface area (Å²) < 4.78 is 0. The van der Waals surface area contributed by atoms with Gasteiger partial charge in [0.05, 0.1) is 10.2 Å². The van der Waals surface area contributed by atoms with Gasteiger partial charge in [0.2, 0.25) is 0 Å². The molecule has 0 saturated carbocycles. The topological polar surface area (TPSA) is 184 Å². The molecule has 0 amide bonds. The van der Waals surface area contributed by atoms with Crippen molar-refractivity contribution >= 4 is 12.7 Å². The van der Waals surface area contributed by atoms with Crippen LogP contribution in [-0.2, 0) is 0 Å². The van der Waals surface area contributed by atoms with E-state index in [1.54, 1.807) is 0 Å². The van der Waals surface area contributed by atoms with Crippen molar-refractivity contribution in [2.24, 2.45) is 16.0 Å². The van der Waals surface area contributed by atoms with Crippen molar-refractivity contribution in [1.82, 2.24) is 5.01 Å². The van der Waals surface area contributed by atoms with Gasteiger partial charge in [-0.05, 0) is 10.1 Å². The molecule has 0 unspecified atom stereocenters. The Kier molecular flexibility index (Phi) is 8.48. The molecule has 12 nitrogen and oxygen atoms in total. The zero-order chi connectivity index (χ0) is 11.6. The van der Waals surface area contributed by atoms with E-state index in [4.69, 9.17) is 36.5 Å². The first-order chi connectivity index (χ1) is 6.36. The van der Waals surface area contributed by atoms with E-state index in [0.717, 1.165) is 5.01 Å². The number of hydrazine groups is 1. The van der Waals surface area contributed by atoms with Crippen LogP contribution >= 0.6 is 0 Å². The minimum Gasteiger partial charge on any atom is -0.356 e. The van der Waals surface area contributed by atoms with Crippen LogP contribution in [0.2, 0.25) is 0 Å². The predicted octanol–water partition coefficient (Wildman–Crippen LogP) is -1.56. The zero-order valence-electron chi connectivity index (χ0n) is 6.38. The molecule has 0 fully saturated rings. The Hall–Kier alpha value is -2.59. The molecule has 1 heterocycles. The molecular formula is C2H4N6O6. The molecule has 1 rings (SSSR count). The minimum absolute atomic E-state index is 1.15. The van der Waals surface area contributed by atoms with Gasteiger partial charge in [-0.2, -0.15) is 5.84 Å². The van der Waals surface area contributed by atoms with E-state index in [1.165, 1.54) is 6.34 Å². The largest absolute Gasteiger partial charge is 0.363 e. The van der Waals surface area contributed by atoms with Crippen molar-refractivity contribution in [3.8, 4) is 0 Å². The summed E-state index contributed by atoms with van der Waals surface area (Å²) in [6.45, 7) is 0. The highest BCUT2D eigenvalue weighted by Crippen LogP contribution is 1.76. The summed E-state index contributed by atoms with van der Waals surface area (Å²) in [6, 6.07) is 0. The van der Waals surface area contributed by atoms with E-state index in [-0.39, 0.29) is 0 Å². The molecular weight excluding hydrogens is 204 g/mol. The predicted molar refractivity (Wildman–Crippen MR) is 41.1 cm³/mol. The highest BCUT2D eigenvalue weighted by atomic mass is 16.9. The van der Waals surface area contributed by atoms with Crippen LogP contribution < -0.4 is 5.84 Å². The second kappa shape index (κ2) is 8.51. The van der Waals surface area contributed by atoms with E-state index in [0.29, 0.717) is 0 Å². The fourth-order valence-corrected chi connectivity index (χ4v) is 0.185. The summed E-state index contributed by atoms with van der Waals surface area (Å²) in [5.74, 6) is 5.01. The number of nitrogens with two attached hydrogens (primary N) is 1. The Morgan fingerprint density at radius 3 is 1.86 bits per heavy atom. The number of hydrogen-bond acceptors (Lipinski definition) is 9. The third-order valence-electron chi connectivity index (χ3n) is 0.394. The Balaban J connectivity index is 0. The standard InChI is InChI=1S/C2H3N4.HNO3.NO3/c3-6-1-4-5-2-6;2*2-1(3)4/h1H,3H2;(H,2,3,4);/q+1;;-1. The fourth-order valence-electron chi connectivity index (χ4n) is 0.185.